The van der Waals surface area contributed by atoms with E-state index in [0.717, 1.165) is 31.7 Å². The molecule has 3 nitrogen and oxygen atoms in total. The van der Waals surface area contributed by atoms with Crippen molar-refractivity contribution >= 4 is 17.3 Å². The van der Waals surface area contributed by atoms with Crippen LogP contribution < -0.4 is 5.32 Å². The maximum Gasteiger partial charge on any atom is 0.419 e. The molecule has 112 valence electrons. The van der Waals surface area contributed by atoms with E-state index in [1.165, 1.54) is 15.3 Å². The van der Waals surface area contributed by atoms with E-state index in [1.54, 1.807) is 11.3 Å². The molecule has 1 aliphatic rings. The van der Waals surface area contributed by atoms with Gasteiger partial charge in [0.2, 0.25) is 5.95 Å². The standard InChI is InChI=1S/C14H14F3N3S/c1-8-5-10-11(3-2-4-12(10)21-8)20-13-18-6-9(7-19-13)14(15,16)17/h5-7,11H,2-4H2,1H3,(H,18,19,20)/t11-/m1/s1. The molecule has 1 N–H and O–H groups in total. The number of alkyl halides is 3. The van der Waals surface area contributed by atoms with Gasteiger partial charge in [0.25, 0.3) is 0 Å². The lowest BCUT2D eigenvalue weighted by molar-refractivity contribution is -0.138. The summed E-state index contributed by atoms with van der Waals surface area (Å²) in [6.45, 7) is 2.06. The zero-order valence-electron chi connectivity index (χ0n) is 11.4. The summed E-state index contributed by atoms with van der Waals surface area (Å²) in [7, 11) is 0. The summed E-state index contributed by atoms with van der Waals surface area (Å²) in [6.07, 6.45) is 0.301. The lowest BCUT2D eigenvalue weighted by Gasteiger charge is -2.23. The van der Waals surface area contributed by atoms with Gasteiger partial charge in [0.05, 0.1) is 11.6 Å². The maximum absolute atomic E-state index is 12.5. The number of anilines is 1. The minimum Gasteiger partial charge on any atom is -0.347 e. The first-order chi connectivity index (χ1) is 9.93. The van der Waals surface area contributed by atoms with E-state index in [-0.39, 0.29) is 12.0 Å². The maximum atomic E-state index is 12.5. The van der Waals surface area contributed by atoms with Crippen LogP contribution in [0.5, 0.6) is 0 Å². The van der Waals surface area contributed by atoms with Gasteiger partial charge in [-0.1, -0.05) is 0 Å². The van der Waals surface area contributed by atoms with Crippen molar-refractivity contribution in [3.8, 4) is 0 Å². The topological polar surface area (TPSA) is 37.8 Å². The van der Waals surface area contributed by atoms with Crippen LogP contribution in [-0.2, 0) is 12.6 Å². The van der Waals surface area contributed by atoms with Crippen molar-refractivity contribution in [3.05, 3.63) is 39.3 Å². The zero-order valence-corrected chi connectivity index (χ0v) is 12.2. The average molecular weight is 313 g/mol. The summed E-state index contributed by atoms with van der Waals surface area (Å²) >= 11 is 1.78. The number of fused-ring (bicyclic) bond motifs is 1. The number of hydrogen-bond acceptors (Lipinski definition) is 4. The number of nitrogens with one attached hydrogen (secondary N) is 1. The van der Waals surface area contributed by atoms with Gasteiger partial charge in [0, 0.05) is 22.1 Å². The van der Waals surface area contributed by atoms with Crippen molar-refractivity contribution in [2.24, 2.45) is 0 Å². The first-order valence-corrected chi connectivity index (χ1v) is 7.50. The molecule has 0 bridgehead atoms. The Hall–Kier alpha value is -1.63. The van der Waals surface area contributed by atoms with E-state index in [4.69, 9.17) is 0 Å². The molecule has 0 saturated heterocycles. The van der Waals surface area contributed by atoms with Crippen LogP contribution in [0.25, 0.3) is 0 Å². The molecule has 3 rings (SSSR count). The highest BCUT2D eigenvalue weighted by Crippen LogP contribution is 2.37. The van der Waals surface area contributed by atoms with Gasteiger partial charge in [-0.05, 0) is 37.8 Å². The van der Waals surface area contributed by atoms with Gasteiger partial charge in [-0.25, -0.2) is 9.97 Å². The Bertz CT molecular complexity index is 634. The van der Waals surface area contributed by atoms with E-state index in [0.29, 0.717) is 0 Å². The number of rotatable bonds is 2. The second kappa shape index (κ2) is 5.29. The van der Waals surface area contributed by atoms with Gasteiger partial charge in [0.1, 0.15) is 0 Å². The Labute approximate surface area is 124 Å². The van der Waals surface area contributed by atoms with Crippen molar-refractivity contribution in [2.45, 2.75) is 38.4 Å². The molecular weight excluding hydrogens is 299 g/mol. The van der Waals surface area contributed by atoms with Crippen LogP contribution in [0.3, 0.4) is 0 Å². The van der Waals surface area contributed by atoms with Crippen LogP contribution in [0.15, 0.2) is 18.5 Å². The Morgan fingerprint density at radius 1 is 1.29 bits per heavy atom. The third-order valence-corrected chi connectivity index (χ3v) is 4.65. The van der Waals surface area contributed by atoms with Gasteiger partial charge in [-0.2, -0.15) is 13.2 Å². The summed E-state index contributed by atoms with van der Waals surface area (Å²) in [4.78, 5) is 10.2. The van der Waals surface area contributed by atoms with Crippen LogP contribution in [0.2, 0.25) is 0 Å². The average Bonchev–Trinajstić information content (AvgIpc) is 2.80. The molecule has 2 heterocycles. The van der Waals surface area contributed by atoms with Crippen molar-refractivity contribution < 1.29 is 13.2 Å². The van der Waals surface area contributed by atoms with E-state index in [9.17, 15) is 13.2 Å². The Balaban J connectivity index is 1.78. The number of thiophene rings is 1. The predicted octanol–water partition coefficient (Wildman–Crippen LogP) is 4.35. The third kappa shape index (κ3) is 3.02. The normalized spacial score (nSPS) is 18.4. The highest BCUT2D eigenvalue weighted by atomic mass is 32.1. The van der Waals surface area contributed by atoms with Crippen LogP contribution >= 0.6 is 11.3 Å². The molecule has 0 saturated carbocycles. The lowest BCUT2D eigenvalue weighted by Crippen LogP contribution is -2.17. The number of aromatic nitrogens is 2. The SMILES string of the molecule is Cc1cc2c(s1)CCC[C@H]2Nc1ncc(C(F)(F)F)cn1. The molecule has 0 unspecified atom stereocenters. The molecule has 0 aliphatic heterocycles. The molecule has 1 aliphatic carbocycles. The molecule has 0 aromatic carbocycles. The fourth-order valence-corrected chi connectivity index (χ4v) is 3.69. The van der Waals surface area contributed by atoms with Gasteiger partial charge >= 0.3 is 6.18 Å². The van der Waals surface area contributed by atoms with E-state index < -0.39 is 11.7 Å². The van der Waals surface area contributed by atoms with Crippen molar-refractivity contribution in [1.29, 1.82) is 0 Å². The second-order valence-corrected chi connectivity index (χ2v) is 6.46. The molecule has 0 radical (unpaired) electrons. The van der Waals surface area contributed by atoms with Gasteiger partial charge in [0.15, 0.2) is 0 Å². The monoisotopic (exact) mass is 313 g/mol. The molecule has 21 heavy (non-hydrogen) atoms. The lowest BCUT2D eigenvalue weighted by atomic mass is 9.94. The summed E-state index contributed by atoms with van der Waals surface area (Å²) in [5.74, 6) is 0.240. The van der Waals surface area contributed by atoms with Crippen LogP contribution in [0, 0.1) is 6.92 Å². The fraction of sp³-hybridized carbons (Fsp3) is 0.429. The Morgan fingerprint density at radius 2 is 2.00 bits per heavy atom. The van der Waals surface area contributed by atoms with Gasteiger partial charge in [-0.15, -0.1) is 11.3 Å². The number of aryl methyl sites for hydroxylation is 2. The minimum atomic E-state index is -4.40. The molecule has 0 spiro atoms. The van der Waals surface area contributed by atoms with E-state index >= 15 is 0 Å². The highest BCUT2D eigenvalue weighted by Gasteiger charge is 2.31. The van der Waals surface area contributed by atoms with Crippen molar-refractivity contribution in [3.63, 3.8) is 0 Å². The predicted molar refractivity (Wildman–Crippen MR) is 75.4 cm³/mol. The Morgan fingerprint density at radius 3 is 2.67 bits per heavy atom. The van der Waals surface area contributed by atoms with Crippen molar-refractivity contribution in [2.75, 3.05) is 5.32 Å². The van der Waals surface area contributed by atoms with E-state index in [1.807, 2.05) is 0 Å². The molecule has 0 amide bonds. The second-order valence-electron chi connectivity index (χ2n) is 5.12. The summed E-state index contributed by atoms with van der Waals surface area (Å²) in [6, 6.07) is 2.22. The summed E-state index contributed by atoms with van der Waals surface area (Å²) in [5.41, 5.74) is 0.399. The van der Waals surface area contributed by atoms with Crippen molar-refractivity contribution in [1.82, 2.24) is 9.97 Å². The van der Waals surface area contributed by atoms with Crippen LogP contribution in [-0.4, -0.2) is 9.97 Å². The van der Waals surface area contributed by atoms with Crippen LogP contribution in [0.1, 0.15) is 39.8 Å². The molecular formula is C14H14F3N3S. The molecule has 2 aromatic heterocycles. The van der Waals surface area contributed by atoms with E-state index in [2.05, 4.69) is 28.3 Å². The number of halogens is 3. The minimum absolute atomic E-state index is 0.0791. The third-order valence-electron chi connectivity index (χ3n) is 3.52. The molecule has 0 fully saturated rings. The quantitative estimate of drug-likeness (QED) is 0.895. The van der Waals surface area contributed by atoms with Gasteiger partial charge < -0.3 is 5.32 Å². The van der Waals surface area contributed by atoms with Gasteiger partial charge in [-0.3, -0.25) is 0 Å². The Kier molecular flexibility index (Phi) is 3.61. The largest absolute Gasteiger partial charge is 0.419 e. The fourth-order valence-electron chi connectivity index (χ4n) is 2.55. The molecule has 2 aromatic rings. The molecule has 7 heteroatoms. The highest BCUT2D eigenvalue weighted by molar-refractivity contribution is 7.12. The number of hydrogen-bond donors (Lipinski definition) is 1. The first-order valence-electron chi connectivity index (χ1n) is 6.68. The van der Waals surface area contributed by atoms with Crippen LogP contribution in [0.4, 0.5) is 19.1 Å². The number of nitrogens with zero attached hydrogens (tertiary/aromatic N) is 2. The molecule has 1 atom stereocenters. The summed E-state index contributed by atoms with van der Waals surface area (Å²) in [5, 5.41) is 3.15. The zero-order chi connectivity index (χ0) is 15.0. The summed E-state index contributed by atoms with van der Waals surface area (Å²) < 4.78 is 37.4. The smallest absolute Gasteiger partial charge is 0.347 e. The first kappa shape index (κ1) is 14.3.